The summed E-state index contributed by atoms with van der Waals surface area (Å²) in [5.41, 5.74) is 5.02. The van der Waals surface area contributed by atoms with Gasteiger partial charge in [0.15, 0.2) is 0 Å². The third-order valence-electron chi connectivity index (χ3n) is 4.35. The van der Waals surface area contributed by atoms with E-state index in [0.717, 1.165) is 19.3 Å². The fraction of sp³-hybridized carbons (Fsp3) is 0.846. The molecule has 1 saturated carbocycles. The predicted octanol–water partition coefficient (Wildman–Crippen LogP) is 0.198. The Morgan fingerprint density at radius 3 is 2.84 bits per heavy atom. The molecular formula is C13H23N3O3. The quantitative estimate of drug-likeness (QED) is 0.490. The van der Waals surface area contributed by atoms with Crippen LogP contribution in [-0.4, -0.2) is 47.2 Å². The van der Waals surface area contributed by atoms with Crippen LogP contribution in [0.25, 0.3) is 0 Å². The zero-order valence-corrected chi connectivity index (χ0v) is 11.2. The van der Waals surface area contributed by atoms with E-state index in [1.807, 2.05) is 0 Å². The number of aliphatic hydroxyl groups is 1. The van der Waals surface area contributed by atoms with Gasteiger partial charge in [0, 0.05) is 19.1 Å². The Balaban J connectivity index is 2.11. The van der Waals surface area contributed by atoms with Crippen LogP contribution in [0.1, 0.15) is 38.5 Å². The van der Waals surface area contributed by atoms with Crippen molar-refractivity contribution in [3.8, 4) is 0 Å². The molecular weight excluding hydrogens is 246 g/mol. The number of urea groups is 1. The second kappa shape index (κ2) is 5.88. The van der Waals surface area contributed by atoms with E-state index >= 15 is 0 Å². The van der Waals surface area contributed by atoms with Gasteiger partial charge in [0.25, 0.3) is 5.91 Å². The van der Waals surface area contributed by atoms with E-state index in [0.29, 0.717) is 32.4 Å². The van der Waals surface area contributed by atoms with Crippen molar-refractivity contribution in [3.63, 3.8) is 0 Å². The van der Waals surface area contributed by atoms with Gasteiger partial charge in [0.2, 0.25) is 0 Å². The third kappa shape index (κ3) is 2.47. The van der Waals surface area contributed by atoms with E-state index in [1.165, 1.54) is 4.90 Å². The van der Waals surface area contributed by atoms with E-state index < -0.39 is 5.54 Å². The molecule has 2 rings (SSSR count). The molecule has 0 radical (unpaired) electrons. The number of carbonyl (C=O) groups excluding carboxylic acids is 2. The molecule has 1 spiro atoms. The molecule has 2 fully saturated rings. The zero-order valence-electron chi connectivity index (χ0n) is 11.2. The lowest BCUT2D eigenvalue weighted by atomic mass is 9.72. The lowest BCUT2D eigenvalue weighted by molar-refractivity contribution is -0.134. The van der Waals surface area contributed by atoms with Crippen molar-refractivity contribution in [2.24, 2.45) is 11.7 Å². The van der Waals surface area contributed by atoms with Crippen LogP contribution in [0.2, 0.25) is 0 Å². The minimum absolute atomic E-state index is 0.0422. The molecule has 2 aliphatic rings. The fourth-order valence-corrected chi connectivity index (χ4v) is 3.24. The lowest BCUT2D eigenvalue weighted by Gasteiger charge is -2.38. The van der Waals surface area contributed by atoms with Crippen molar-refractivity contribution in [1.29, 1.82) is 0 Å². The van der Waals surface area contributed by atoms with Crippen LogP contribution < -0.4 is 11.1 Å². The summed E-state index contributed by atoms with van der Waals surface area (Å²) in [5.74, 6) is -0.0777. The van der Waals surface area contributed by atoms with Crippen LogP contribution in [0, 0.1) is 5.92 Å². The summed E-state index contributed by atoms with van der Waals surface area (Å²) < 4.78 is 0. The number of imide groups is 1. The van der Waals surface area contributed by atoms with Gasteiger partial charge in [-0.05, 0) is 32.2 Å². The highest BCUT2D eigenvalue weighted by molar-refractivity contribution is 6.07. The summed E-state index contributed by atoms with van der Waals surface area (Å²) in [7, 11) is 0. The summed E-state index contributed by atoms with van der Waals surface area (Å²) in [6.45, 7) is 0.890. The average Bonchev–Trinajstić information content (AvgIpc) is 2.64. The minimum Gasteiger partial charge on any atom is -0.396 e. The van der Waals surface area contributed by atoms with Crippen LogP contribution >= 0.6 is 0 Å². The number of unbranched alkanes of at least 4 members (excludes halogenated alkanes) is 1. The van der Waals surface area contributed by atoms with Gasteiger partial charge >= 0.3 is 6.03 Å². The molecule has 1 saturated heterocycles. The molecule has 4 N–H and O–H groups in total. The number of hydrogen-bond donors (Lipinski definition) is 3. The summed E-state index contributed by atoms with van der Waals surface area (Å²) in [6, 6.07) is -0.303. The fourth-order valence-electron chi connectivity index (χ4n) is 3.24. The number of amides is 3. The second-order valence-electron chi connectivity index (χ2n) is 5.47. The van der Waals surface area contributed by atoms with Crippen LogP contribution in [0.5, 0.6) is 0 Å². The Hall–Kier alpha value is -1.14. The normalized spacial score (nSPS) is 31.1. The number of nitrogens with two attached hydrogens (primary N) is 1. The number of rotatable bonds is 5. The van der Waals surface area contributed by atoms with Gasteiger partial charge in [0.1, 0.15) is 5.54 Å². The molecule has 3 amide bonds. The van der Waals surface area contributed by atoms with Gasteiger partial charge in [-0.25, -0.2) is 4.79 Å². The molecule has 108 valence electrons. The molecule has 6 heteroatoms. The van der Waals surface area contributed by atoms with Crippen molar-refractivity contribution in [1.82, 2.24) is 10.2 Å². The zero-order chi connectivity index (χ0) is 13.9. The van der Waals surface area contributed by atoms with Gasteiger partial charge in [-0.2, -0.15) is 0 Å². The van der Waals surface area contributed by atoms with Gasteiger partial charge in [-0.1, -0.05) is 12.8 Å². The maximum absolute atomic E-state index is 12.6. The summed E-state index contributed by atoms with van der Waals surface area (Å²) in [4.78, 5) is 25.9. The molecule has 0 bridgehead atoms. The van der Waals surface area contributed by atoms with Gasteiger partial charge in [-0.15, -0.1) is 0 Å². The van der Waals surface area contributed by atoms with Crippen molar-refractivity contribution in [2.45, 2.75) is 44.1 Å². The smallest absolute Gasteiger partial charge is 0.325 e. The highest BCUT2D eigenvalue weighted by Crippen LogP contribution is 2.38. The number of carbonyl (C=O) groups is 2. The Morgan fingerprint density at radius 2 is 2.16 bits per heavy atom. The van der Waals surface area contributed by atoms with E-state index in [1.54, 1.807) is 0 Å². The topological polar surface area (TPSA) is 95.7 Å². The highest BCUT2D eigenvalue weighted by atomic mass is 16.3. The SMILES string of the molecule is NCC1CCCCC12NC(=O)N(CCCCO)C2=O. The number of nitrogens with one attached hydrogen (secondary N) is 1. The Morgan fingerprint density at radius 1 is 1.37 bits per heavy atom. The van der Waals surface area contributed by atoms with Crippen molar-refractivity contribution in [2.75, 3.05) is 19.7 Å². The molecule has 1 heterocycles. The van der Waals surface area contributed by atoms with Crippen LogP contribution in [0.3, 0.4) is 0 Å². The molecule has 1 aliphatic heterocycles. The standard InChI is InChI=1S/C13H23N3O3/c14-9-10-5-1-2-6-13(10)11(18)16(12(19)15-13)7-3-4-8-17/h10,17H,1-9,14H2,(H,15,19). The Kier molecular flexibility index (Phi) is 4.42. The molecule has 0 aromatic rings. The minimum atomic E-state index is -0.761. The van der Waals surface area contributed by atoms with E-state index in [-0.39, 0.29) is 24.5 Å². The Labute approximate surface area is 113 Å². The first-order valence-electron chi connectivity index (χ1n) is 7.10. The maximum Gasteiger partial charge on any atom is 0.325 e. The third-order valence-corrected chi connectivity index (χ3v) is 4.35. The first kappa shape index (κ1) is 14.3. The first-order valence-corrected chi connectivity index (χ1v) is 7.10. The van der Waals surface area contributed by atoms with E-state index in [2.05, 4.69) is 5.32 Å². The highest BCUT2D eigenvalue weighted by Gasteiger charge is 2.55. The van der Waals surface area contributed by atoms with Crippen LogP contribution in [0.15, 0.2) is 0 Å². The molecule has 0 aromatic heterocycles. The van der Waals surface area contributed by atoms with Gasteiger partial charge in [-0.3, -0.25) is 9.69 Å². The molecule has 1 aliphatic carbocycles. The molecule has 6 nitrogen and oxygen atoms in total. The predicted molar refractivity (Wildman–Crippen MR) is 70.3 cm³/mol. The van der Waals surface area contributed by atoms with Gasteiger partial charge in [0.05, 0.1) is 0 Å². The number of nitrogens with zero attached hydrogens (tertiary/aromatic N) is 1. The molecule has 19 heavy (non-hydrogen) atoms. The number of hydrogen-bond acceptors (Lipinski definition) is 4. The summed E-state index contributed by atoms with van der Waals surface area (Å²) >= 11 is 0. The van der Waals surface area contributed by atoms with Gasteiger partial charge < -0.3 is 16.2 Å². The van der Waals surface area contributed by atoms with Crippen molar-refractivity contribution >= 4 is 11.9 Å². The first-order chi connectivity index (χ1) is 9.15. The van der Waals surface area contributed by atoms with Crippen LogP contribution in [0.4, 0.5) is 4.79 Å². The maximum atomic E-state index is 12.6. The van der Waals surface area contributed by atoms with E-state index in [9.17, 15) is 9.59 Å². The van der Waals surface area contributed by atoms with Crippen LogP contribution in [-0.2, 0) is 4.79 Å². The van der Waals surface area contributed by atoms with Crippen molar-refractivity contribution < 1.29 is 14.7 Å². The summed E-state index contributed by atoms with van der Waals surface area (Å²) in [6.07, 6.45) is 4.84. The monoisotopic (exact) mass is 269 g/mol. The lowest BCUT2D eigenvalue weighted by Crippen LogP contribution is -2.57. The molecule has 2 atom stereocenters. The molecule has 0 aromatic carbocycles. The number of aliphatic hydroxyl groups excluding tert-OH is 1. The van der Waals surface area contributed by atoms with E-state index in [4.69, 9.17) is 10.8 Å². The largest absolute Gasteiger partial charge is 0.396 e. The molecule has 2 unspecified atom stereocenters. The average molecular weight is 269 g/mol. The van der Waals surface area contributed by atoms with Crippen molar-refractivity contribution in [3.05, 3.63) is 0 Å². The summed E-state index contributed by atoms with van der Waals surface area (Å²) in [5, 5.41) is 11.7. The second-order valence-corrected chi connectivity index (χ2v) is 5.47. The Bertz CT molecular complexity index is 361.